The van der Waals surface area contributed by atoms with Gasteiger partial charge in [-0.3, -0.25) is 14.6 Å². The number of benzene rings is 3. The lowest BCUT2D eigenvalue weighted by atomic mass is 10.0. The van der Waals surface area contributed by atoms with Gasteiger partial charge in [0, 0.05) is 35.9 Å². The van der Waals surface area contributed by atoms with Gasteiger partial charge in [0.05, 0.1) is 25.4 Å². The number of anilines is 2. The second kappa shape index (κ2) is 11.7. The minimum absolute atomic E-state index is 0.0799. The van der Waals surface area contributed by atoms with Gasteiger partial charge in [-0.2, -0.15) is 0 Å². The summed E-state index contributed by atoms with van der Waals surface area (Å²) in [5.74, 6) is -0.788. The number of aromatic nitrogens is 1. The molecule has 1 aliphatic rings. The Morgan fingerprint density at radius 2 is 1.62 bits per heavy atom. The number of rotatable bonds is 8. The van der Waals surface area contributed by atoms with Crippen molar-refractivity contribution in [3.8, 4) is 23.0 Å². The van der Waals surface area contributed by atoms with Crippen molar-refractivity contribution in [2.45, 2.75) is 19.9 Å². The van der Waals surface area contributed by atoms with Crippen LogP contribution in [0.4, 0.5) is 20.6 Å². The van der Waals surface area contributed by atoms with Crippen molar-refractivity contribution in [2.75, 3.05) is 31.0 Å². The van der Waals surface area contributed by atoms with Crippen LogP contribution in [0.15, 0.2) is 72.9 Å². The second-order valence-electron chi connectivity index (χ2n) is 9.88. The maximum absolute atomic E-state index is 13.5. The number of fused-ring (bicyclic) bond motifs is 1. The Labute approximate surface area is 241 Å². The number of urea groups is 1. The molecule has 1 atom stereocenters. The molecule has 1 aliphatic heterocycles. The monoisotopic (exact) mass is 572 g/mol. The topological polar surface area (TPSA) is 110 Å². The van der Waals surface area contributed by atoms with Crippen molar-refractivity contribution in [2.24, 2.45) is 5.92 Å². The Hall–Kier alpha value is -5.19. The number of nitrogens with one attached hydrogen (secondary N) is 1. The van der Waals surface area contributed by atoms with E-state index < -0.39 is 29.6 Å². The SMILES string of the molecule is COc1cc2nccc(Oc3ccc(NC(=O)C4CN(C(C)C)C(=O)N(c5ccc(F)cc5)C4=O)cc3)c2cc1OC. The van der Waals surface area contributed by atoms with E-state index in [0.717, 1.165) is 22.4 Å². The van der Waals surface area contributed by atoms with E-state index in [0.29, 0.717) is 34.2 Å². The number of hydrogen-bond donors (Lipinski definition) is 1. The molecule has 1 saturated heterocycles. The van der Waals surface area contributed by atoms with Crippen molar-refractivity contribution in [3.63, 3.8) is 0 Å². The smallest absolute Gasteiger partial charge is 0.331 e. The van der Waals surface area contributed by atoms with Crippen molar-refractivity contribution >= 4 is 40.1 Å². The van der Waals surface area contributed by atoms with Crippen molar-refractivity contribution in [3.05, 3.63) is 78.7 Å². The highest BCUT2D eigenvalue weighted by Gasteiger charge is 2.44. The molecule has 4 amide bonds. The van der Waals surface area contributed by atoms with Gasteiger partial charge >= 0.3 is 6.03 Å². The van der Waals surface area contributed by atoms with Crippen LogP contribution in [0.2, 0.25) is 0 Å². The standard InChI is InChI=1S/C31H29FN4O6/c1-18(2)35-17-24(30(38)36(31(35)39)21-9-5-19(32)6-10-21)29(37)34-20-7-11-22(12-8-20)42-26-13-14-33-25-16-28(41-4)27(40-3)15-23(25)26/h5-16,18,24H,17H2,1-4H3,(H,34,37). The Bertz CT molecular complexity index is 1640. The highest BCUT2D eigenvalue weighted by Crippen LogP contribution is 2.37. The number of halogens is 1. The van der Waals surface area contributed by atoms with Gasteiger partial charge in [0.1, 0.15) is 23.2 Å². The predicted octanol–water partition coefficient (Wildman–Crippen LogP) is 5.62. The largest absolute Gasteiger partial charge is 0.493 e. The Kier molecular flexibility index (Phi) is 7.92. The van der Waals surface area contributed by atoms with Gasteiger partial charge in [-0.15, -0.1) is 0 Å². The summed E-state index contributed by atoms with van der Waals surface area (Å²) in [6, 6.07) is 16.1. The van der Waals surface area contributed by atoms with Gasteiger partial charge in [-0.1, -0.05) is 0 Å². The van der Waals surface area contributed by atoms with E-state index in [1.54, 1.807) is 76.7 Å². The summed E-state index contributed by atoms with van der Waals surface area (Å²) >= 11 is 0. The molecule has 42 heavy (non-hydrogen) atoms. The summed E-state index contributed by atoms with van der Waals surface area (Å²) in [7, 11) is 3.10. The lowest BCUT2D eigenvalue weighted by Crippen LogP contribution is -2.61. The molecule has 0 aliphatic carbocycles. The molecular formula is C31H29FN4O6. The third-order valence-electron chi connectivity index (χ3n) is 6.92. The fraction of sp³-hybridized carbons (Fsp3) is 0.226. The molecule has 3 aromatic carbocycles. The normalized spacial score (nSPS) is 15.2. The maximum Gasteiger partial charge on any atom is 0.331 e. The van der Waals surface area contributed by atoms with Gasteiger partial charge in [-0.05, 0) is 74.5 Å². The second-order valence-corrected chi connectivity index (χ2v) is 9.88. The summed E-state index contributed by atoms with van der Waals surface area (Å²) < 4.78 is 30.4. The van der Waals surface area contributed by atoms with Crippen molar-refractivity contribution in [1.82, 2.24) is 9.88 Å². The lowest BCUT2D eigenvalue weighted by molar-refractivity contribution is -0.132. The molecular weight excluding hydrogens is 543 g/mol. The molecule has 0 radical (unpaired) electrons. The van der Waals surface area contributed by atoms with E-state index in [9.17, 15) is 18.8 Å². The zero-order valence-electron chi connectivity index (χ0n) is 23.5. The Balaban J connectivity index is 1.33. The van der Waals surface area contributed by atoms with E-state index in [1.165, 1.54) is 17.0 Å². The van der Waals surface area contributed by atoms with Crippen LogP contribution < -0.4 is 24.4 Å². The van der Waals surface area contributed by atoms with Gasteiger partial charge < -0.3 is 24.4 Å². The molecule has 216 valence electrons. The number of hydrogen-bond acceptors (Lipinski definition) is 7. The van der Waals surface area contributed by atoms with Crippen LogP contribution in [0.1, 0.15) is 13.8 Å². The van der Waals surface area contributed by atoms with Gasteiger partial charge in [0.25, 0.3) is 0 Å². The fourth-order valence-electron chi connectivity index (χ4n) is 4.69. The molecule has 0 spiro atoms. The minimum Gasteiger partial charge on any atom is -0.493 e. The summed E-state index contributed by atoms with van der Waals surface area (Å²) in [6.07, 6.45) is 1.62. The quantitative estimate of drug-likeness (QED) is 0.273. The minimum atomic E-state index is -1.17. The number of amides is 4. The fourth-order valence-corrected chi connectivity index (χ4v) is 4.69. The van der Waals surface area contributed by atoms with Crippen LogP contribution in [0, 0.1) is 11.7 Å². The first-order valence-corrected chi connectivity index (χ1v) is 13.2. The van der Waals surface area contributed by atoms with E-state index >= 15 is 0 Å². The lowest BCUT2D eigenvalue weighted by Gasteiger charge is -2.39. The number of methoxy groups -OCH3 is 2. The molecule has 0 saturated carbocycles. The van der Waals surface area contributed by atoms with Crippen LogP contribution in [0.3, 0.4) is 0 Å². The van der Waals surface area contributed by atoms with Crippen LogP contribution in [-0.2, 0) is 9.59 Å². The molecule has 2 heterocycles. The molecule has 1 N–H and O–H groups in total. The maximum atomic E-state index is 13.5. The average Bonchev–Trinajstić information content (AvgIpc) is 2.98. The Morgan fingerprint density at radius 3 is 2.26 bits per heavy atom. The molecule has 4 aromatic rings. The first-order valence-electron chi connectivity index (χ1n) is 13.2. The highest BCUT2D eigenvalue weighted by molar-refractivity contribution is 6.23. The summed E-state index contributed by atoms with van der Waals surface area (Å²) in [5.41, 5.74) is 1.29. The summed E-state index contributed by atoms with van der Waals surface area (Å²) in [6.45, 7) is 3.51. The molecule has 10 nitrogen and oxygen atoms in total. The first-order chi connectivity index (χ1) is 20.2. The molecule has 0 bridgehead atoms. The van der Waals surface area contributed by atoms with Gasteiger partial charge in [0.15, 0.2) is 11.5 Å². The molecule has 1 aromatic heterocycles. The van der Waals surface area contributed by atoms with Crippen LogP contribution >= 0.6 is 0 Å². The number of carbonyl (C=O) groups excluding carboxylic acids is 3. The number of carbonyl (C=O) groups is 3. The number of ether oxygens (including phenoxy) is 3. The van der Waals surface area contributed by atoms with Crippen LogP contribution in [-0.4, -0.2) is 54.5 Å². The number of nitrogens with zero attached hydrogens (tertiary/aromatic N) is 3. The van der Waals surface area contributed by atoms with Gasteiger partial charge in [0.2, 0.25) is 11.8 Å². The predicted molar refractivity (Wildman–Crippen MR) is 155 cm³/mol. The third-order valence-corrected chi connectivity index (χ3v) is 6.92. The molecule has 1 fully saturated rings. The van der Waals surface area contributed by atoms with E-state index in [2.05, 4.69) is 10.3 Å². The van der Waals surface area contributed by atoms with Crippen LogP contribution in [0.5, 0.6) is 23.0 Å². The number of imide groups is 1. The van der Waals surface area contributed by atoms with Crippen LogP contribution in [0.25, 0.3) is 10.9 Å². The Morgan fingerprint density at radius 1 is 0.952 bits per heavy atom. The molecule has 1 unspecified atom stereocenters. The molecule has 11 heteroatoms. The van der Waals surface area contributed by atoms with Gasteiger partial charge in [-0.25, -0.2) is 14.1 Å². The first kappa shape index (κ1) is 28.3. The van der Waals surface area contributed by atoms with Crippen molar-refractivity contribution < 1.29 is 33.0 Å². The zero-order valence-corrected chi connectivity index (χ0v) is 23.5. The average molecular weight is 573 g/mol. The number of pyridine rings is 1. The highest BCUT2D eigenvalue weighted by atomic mass is 19.1. The zero-order chi connectivity index (χ0) is 30.0. The van der Waals surface area contributed by atoms with E-state index in [4.69, 9.17) is 14.2 Å². The summed E-state index contributed by atoms with van der Waals surface area (Å²) in [5, 5.41) is 3.49. The van der Waals surface area contributed by atoms with E-state index in [-0.39, 0.29) is 18.3 Å². The van der Waals surface area contributed by atoms with E-state index in [1.807, 2.05) is 0 Å². The van der Waals surface area contributed by atoms with Crippen molar-refractivity contribution in [1.29, 1.82) is 0 Å². The third kappa shape index (κ3) is 5.53. The summed E-state index contributed by atoms with van der Waals surface area (Å²) in [4.78, 5) is 46.5. The molecule has 5 rings (SSSR count).